The number of carbonyl (C=O) groups excluding carboxylic acids is 1. The summed E-state index contributed by atoms with van der Waals surface area (Å²) in [4.78, 5) is 35.8. The number of H-pyrrole nitrogens is 1. The summed E-state index contributed by atoms with van der Waals surface area (Å²) >= 11 is 0. The van der Waals surface area contributed by atoms with Crippen molar-refractivity contribution in [1.29, 1.82) is 0 Å². The van der Waals surface area contributed by atoms with Gasteiger partial charge in [0.05, 0.1) is 30.2 Å². The molecule has 9 heteroatoms. The quantitative estimate of drug-likeness (QED) is 0.672. The molecule has 1 N–H and O–H groups in total. The van der Waals surface area contributed by atoms with Crippen molar-refractivity contribution >= 4 is 28.6 Å². The number of carbonyl (C=O) groups is 1. The monoisotopic (exact) mass is 435 g/mol. The summed E-state index contributed by atoms with van der Waals surface area (Å²) in [6.45, 7) is 6.55. The van der Waals surface area contributed by atoms with E-state index in [9.17, 15) is 4.79 Å². The van der Waals surface area contributed by atoms with Crippen LogP contribution in [-0.2, 0) is 4.74 Å². The number of ether oxygens (including phenoxy) is 1. The molecule has 0 bridgehead atoms. The van der Waals surface area contributed by atoms with Gasteiger partial charge >= 0.3 is 0 Å². The number of amides is 1. The lowest BCUT2D eigenvalue weighted by Crippen LogP contribution is -2.51. The third-order valence-corrected chi connectivity index (χ3v) is 6.70. The first-order chi connectivity index (χ1) is 15.6. The van der Waals surface area contributed by atoms with Crippen LogP contribution < -0.4 is 9.80 Å². The van der Waals surface area contributed by atoms with Crippen LogP contribution >= 0.6 is 0 Å². The van der Waals surface area contributed by atoms with Crippen molar-refractivity contribution in [2.24, 2.45) is 5.92 Å². The Kier molecular flexibility index (Phi) is 5.65. The average Bonchev–Trinajstić information content (AvgIpc) is 3.33. The highest BCUT2D eigenvalue weighted by Gasteiger charge is 2.31. The number of likely N-dealkylation sites (N-methyl/N-ethyl adjacent to an activating group) is 1. The van der Waals surface area contributed by atoms with Crippen molar-refractivity contribution in [3.05, 3.63) is 42.5 Å². The number of nitrogens with one attached hydrogen (secondary N) is 1. The van der Waals surface area contributed by atoms with E-state index in [1.165, 1.54) is 0 Å². The minimum atomic E-state index is 0.0245. The Bertz CT molecular complexity index is 1080. The highest BCUT2D eigenvalue weighted by atomic mass is 16.5. The van der Waals surface area contributed by atoms with Gasteiger partial charge in [-0.2, -0.15) is 0 Å². The molecule has 0 saturated carbocycles. The maximum absolute atomic E-state index is 12.7. The zero-order valence-electron chi connectivity index (χ0n) is 18.6. The summed E-state index contributed by atoms with van der Waals surface area (Å²) in [6, 6.07) is 6.17. The third-order valence-electron chi connectivity index (χ3n) is 6.70. The topological polar surface area (TPSA) is 90.5 Å². The van der Waals surface area contributed by atoms with Crippen LogP contribution in [0.25, 0.3) is 11.0 Å². The van der Waals surface area contributed by atoms with Crippen LogP contribution in [0.2, 0.25) is 0 Å². The van der Waals surface area contributed by atoms with Gasteiger partial charge in [-0.1, -0.05) is 6.92 Å². The first-order valence-electron chi connectivity index (χ1n) is 11.2. The molecule has 2 atom stereocenters. The SMILES string of the molecule is CC1CCN(c2ccc(C(=O)N3CCOCC3)cn2)C[C@@H]1N(C)c1ncnc2[nH]ccc12. The summed E-state index contributed by atoms with van der Waals surface area (Å²) < 4.78 is 5.34. The van der Waals surface area contributed by atoms with E-state index in [-0.39, 0.29) is 11.9 Å². The lowest BCUT2D eigenvalue weighted by Gasteiger charge is -2.42. The summed E-state index contributed by atoms with van der Waals surface area (Å²) in [5, 5.41) is 1.03. The second kappa shape index (κ2) is 8.74. The molecule has 0 radical (unpaired) electrons. The highest BCUT2D eigenvalue weighted by Crippen LogP contribution is 2.30. The number of nitrogens with zero attached hydrogens (tertiary/aromatic N) is 6. The fourth-order valence-electron chi connectivity index (χ4n) is 4.71. The van der Waals surface area contributed by atoms with Crippen LogP contribution in [0.1, 0.15) is 23.7 Å². The van der Waals surface area contributed by atoms with Crippen molar-refractivity contribution in [3.63, 3.8) is 0 Å². The van der Waals surface area contributed by atoms with E-state index >= 15 is 0 Å². The number of aromatic nitrogens is 4. The molecule has 5 heterocycles. The molecule has 5 rings (SSSR count). The molecule has 1 unspecified atom stereocenters. The van der Waals surface area contributed by atoms with Crippen molar-refractivity contribution in [3.8, 4) is 0 Å². The van der Waals surface area contributed by atoms with Gasteiger partial charge in [0.25, 0.3) is 5.91 Å². The van der Waals surface area contributed by atoms with Gasteiger partial charge in [-0.05, 0) is 30.5 Å². The molecule has 3 aromatic rings. The zero-order valence-corrected chi connectivity index (χ0v) is 18.6. The van der Waals surface area contributed by atoms with Crippen LogP contribution in [0, 0.1) is 5.92 Å². The fraction of sp³-hybridized carbons (Fsp3) is 0.478. The molecule has 0 aromatic carbocycles. The number of aromatic amines is 1. The largest absolute Gasteiger partial charge is 0.378 e. The Morgan fingerprint density at radius 3 is 2.78 bits per heavy atom. The van der Waals surface area contributed by atoms with E-state index in [4.69, 9.17) is 4.74 Å². The van der Waals surface area contributed by atoms with Crippen molar-refractivity contribution in [2.45, 2.75) is 19.4 Å². The normalized spacial score (nSPS) is 21.7. The summed E-state index contributed by atoms with van der Waals surface area (Å²) in [5.41, 5.74) is 1.48. The van der Waals surface area contributed by atoms with Crippen LogP contribution in [0.4, 0.5) is 11.6 Å². The number of rotatable bonds is 4. The zero-order chi connectivity index (χ0) is 22.1. The maximum atomic E-state index is 12.7. The molecular weight excluding hydrogens is 406 g/mol. The van der Waals surface area contributed by atoms with Gasteiger partial charge in [-0.15, -0.1) is 0 Å². The van der Waals surface area contributed by atoms with Crippen molar-refractivity contribution in [1.82, 2.24) is 24.8 Å². The molecular formula is C23H29N7O2. The predicted molar refractivity (Wildman–Crippen MR) is 123 cm³/mol. The summed E-state index contributed by atoms with van der Waals surface area (Å²) in [7, 11) is 2.11. The Labute approximate surface area is 187 Å². The lowest BCUT2D eigenvalue weighted by atomic mass is 9.92. The van der Waals surface area contributed by atoms with E-state index in [2.05, 4.69) is 43.7 Å². The van der Waals surface area contributed by atoms with E-state index < -0.39 is 0 Å². The van der Waals surface area contributed by atoms with Gasteiger partial charge in [0, 0.05) is 45.6 Å². The molecule has 2 fully saturated rings. The van der Waals surface area contributed by atoms with Gasteiger partial charge in [0.15, 0.2) is 0 Å². The molecule has 32 heavy (non-hydrogen) atoms. The first kappa shape index (κ1) is 20.7. The fourth-order valence-corrected chi connectivity index (χ4v) is 4.71. The second-order valence-corrected chi connectivity index (χ2v) is 8.64. The van der Waals surface area contributed by atoms with Crippen molar-refractivity contribution < 1.29 is 9.53 Å². The van der Waals surface area contributed by atoms with Crippen LogP contribution in [-0.4, -0.2) is 83.2 Å². The van der Waals surface area contributed by atoms with Crippen LogP contribution in [0.15, 0.2) is 36.9 Å². The van der Waals surface area contributed by atoms with Crippen LogP contribution in [0.5, 0.6) is 0 Å². The van der Waals surface area contributed by atoms with E-state index in [0.717, 1.165) is 42.2 Å². The third kappa shape index (κ3) is 3.88. The van der Waals surface area contributed by atoms with Gasteiger partial charge in [0.2, 0.25) is 0 Å². The minimum Gasteiger partial charge on any atom is -0.378 e. The van der Waals surface area contributed by atoms with Gasteiger partial charge in [-0.25, -0.2) is 15.0 Å². The molecule has 2 saturated heterocycles. The second-order valence-electron chi connectivity index (χ2n) is 8.64. The highest BCUT2D eigenvalue weighted by molar-refractivity contribution is 5.94. The number of hydrogen-bond acceptors (Lipinski definition) is 7. The Balaban J connectivity index is 1.32. The molecule has 0 aliphatic carbocycles. The number of anilines is 2. The number of pyridine rings is 1. The average molecular weight is 436 g/mol. The van der Waals surface area contributed by atoms with Gasteiger partial charge < -0.3 is 24.4 Å². The molecule has 9 nitrogen and oxygen atoms in total. The first-order valence-corrected chi connectivity index (χ1v) is 11.2. The van der Waals surface area contributed by atoms with Gasteiger partial charge in [0.1, 0.15) is 23.6 Å². The Morgan fingerprint density at radius 2 is 2.00 bits per heavy atom. The molecule has 1 amide bonds. The Hall–Kier alpha value is -3.20. The number of morpholine rings is 1. The Morgan fingerprint density at radius 1 is 1.16 bits per heavy atom. The predicted octanol–water partition coefficient (Wildman–Crippen LogP) is 2.18. The van der Waals surface area contributed by atoms with E-state index in [1.54, 1.807) is 12.5 Å². The maximum Gasteiger partial charge on any atom is 0.255 e. The smallest absolute Gasteiger partial charge is 0.255 e. The minimum absolute atomic E-state index is 0.0245. The molecule has 3 aromatic heterocycles. The molecule has 168 valence electrons. The molecule has 2 aliphatic heterocycles. The van der Waals surface area contributed by atoms with E-state index in [0.29, 0.717) is 37.8 Å². The summed E-state index contributed by atoms with van der Waals surface area (Å²) in [6.07, 6.45) is 6.28. The van der Waals surface area contributed by atoms with Gasteiger partial charge in [-0.3, -0.25) is 4.79 Å². The van der Waals surface area contributed by atoms with E-state index in [1.807, 2.05) is 29.3 Å². The molecule has 0 spiro atoms. The molecule has 2 aliphatic rings. The number of piperidine rings is 1. The summed E-state index contributed by atoms with van der Waals surface area (Å²) in [5.74, 6) is 2.39. The standard InChI is InChI=1S/C23H29N7O2/c1-16-6-8-30(14-19(16)28(2)22-18-5-7-24-21(18)26-15-27-22)20-4-3-17(13-25-20)23(31)29-9-11-32-12-10-29/h3-5,7,13,15-16,19H,6,8-12,14H2,1-2H3,(H,24,26,27)/t16?,19-/m0/s1. The number of hydrogen-bond donors (Lipinski definition) is 1. The van der Waals surface area contributed by atoms with Crippen molar-refractivity contribution in [2.75, 3.05) is 56.2 Å². The lowest BCUT2D eigenvalue weighted by molar-refractivity contribution is 0.0302. The van der Waals surface area contributed by atoms with Crippen LogP contribution in [0.3, 0.4) is 0 Å². The number of fused-ring (bicyclic) bond motifs is 1.